The molecule has 0 spiro atoms. The highest BCUT2D eigenvalue weighted by Crippen LogP contribution is 2.16. The van der Waals surface area contributed by atoms with Crippen molar-refractivity contribution >= 4 is 11.9 Å². The van der Waals surface area contributed by atoms with Crippen molar-refractivity contribution in [2.45, 2.75) is 45.6 Å². The number of ether oxygens (including phenoxy) is 1. The maximum Gasteiger partial charge on any atom is 0.251 e. The van der Waals surface area contributed by atoms with Crippen LogP contribution in [-0.4, -0.2) is 35.6 Å². The first-order chi connectivity index (χ1) is 13.3. The lowest BCUT2D eigenvalue weighted by Crippen LogP contribution is -2.25. The number of carbonyl (C=O) groups excluding carboxylic acids is 1. The topological polar surface area (TPSA) is 67.3 Å². The van der Waals surface area contributed by atoms with E-state index in [1.54, 1.807) is 18.3 Å². The van der Waals surface area contributed by atoms with E-state index >= 15 is 0 Å². The van der Waals surface area contributed by atoms with Crippen LogP contribution in [-0.2, 0) is 6.54 Å². The van der Waals surface area contributed by atoms with Crippen LogP contribution in [0, 0.1) is 0 Å². The van der Waals surface area contributed by atoms with Crippen LogP contribution in [0.15, 0.2) is 36.5 Å². The average Bonchev–Trinajstić information content (AvgIpc) is 3.25. The molecule has 1 aromatic heterocycles. The van der Waals surface area contributed by atoms with Crippen molar-refractivity contribution < 1.29 is 9.53 Å². The van der Waals surface area contributed by atoms with E-state index in [4.69, 9.17) is 4.74 Å². The standard InChI is InChI=1S/C21H28N4O2/c1-2-3-6-15-27-19-9-7-17(8-10-19)20(26)23-16-18-11-12-22-21(24-18)25-13-4-5-14-25/h7-12H,2-6,13-16H2,1H3,(H,23,26). The lowest BCUT2D eigenvalue weighted by atomic mass is 10.2. The number of hydrogen-bond donors (Lipinski definition) is 1. The first kappa shape index (κ1) is 19.1. The van der Waals surface area contributed by atoms with E-state index in [1.165, 1.54) is 25.7 Å². The number of hydrogen-bond acceptors (Lipinski definition) is 5. The van der Waals surface area contributed by atoms with Crippen LogP contribution in [0.4, 0.5) is 5.95 Å². The van der Waals surface area contributed by atoms with Crippen molar-refractivity contribution in [2.75, 3.05) is 24.6 Å². The predicted molar refractivity (Wildman–Crippen MR) is 106 cm³/mol. The minimum atomic E-state index is -0.117. The number of amides is 1. The summed E-state index contributed by atoms with van der Waals surface area (Å²) < 4.78 is 5.68. The predicted octanol–water partition coefficient (Wildman–Crippen LogP) is 3.58. The summed E-state index contributed by atoms with van der Waals surface area (Å²) in [5, 5.41) is 2.92. The van der Waals surface area contributed by atoms with Crippen LogP contribution in [0.5, 0.6) is 5.75 Å². The summed E-state index contributed by atoms with van der Waals surface area (Å²) in [6.07, 6.45) is 7.52. The highest BCUT2D eigenvalue weighted by atomic mass is 16.5. The van der Waals surface area contributed by atoms with Crippen LogP contribution in [0.1, 0.15) is 55.1 Å². The molecule has 0 radical (unpaired) electrons. The Kier molecular flexibility index (Phi) is 7.02. The van der Waals surface area contributed by atoms with Crippen molar-refractivity contribution in [1.82, 2.24) is 15.3 Å². The maximum absolute atomic E-state index is 12.4. The molecule has 1 saturated heterocycles. The summed E-state index contributed by atoms with van der Waals surface area (Å²) in [4.78, 5) is 23.5. The number of nitrogens with one attached hydrogen (secondary N) is 1. The molecular formula is C21H28N4O2. The zero-order valence-electron chi connectivity index (χ0n) is 16.0. The van der Waals surface area contributed by atoms with Crippen molar-refractivity contribution in [2.24, 2.45) is 0 Å². The molecule has 0 aliphatic carbocycles. The minimum absolute atomic E-state index is 0.117. The molecule has 1 fully saturated rings. The first-order valence-corrected chi connectivity index (χ1v) is 9.84. The highest BCUT2D eigenvalue weighted by Gasteiger charge is 2.15. The highest BCUT2D eigenvalue weighted by molar-refractivity contribution is 5.94. The number of nitrogens with zero attached hydrogens (tertiary/aromatic N) is 3. The molecule has 1 amide bonds. The van der Waals surface area contributed by atoms with Gasteiger partial charge in [-0.2, -0.15) is 0 Å². The van der Waals surface area contributed by atoms with Crippen molar-refractivity contribution in [1.29, 1.82) is 0 Å². The Morgan fingerprint density at radius 1 is 1.15 bits per heavy atom. The number of anilines is 1. The molecule has 2 heterocycles. The molecule has 1 N–H and O–H groups in total. The SMILES string of the molecule is CCCCCOc1ccc(C(=O)NCc2ccnc(N3CCCC3)n2)cc1. The second-order valence-electron chi connectivity index (χ2n) is 6.80. The molecule has 27 heavy (non-hydrogen) atoms. The number of rotatable bonds is 9. The van der Waals surface area contributed by atoms with E-state index in [0.29, 0.717) is 18.7 Å². The fourth-order valence-corrected chi connectivity index (χ4v) is 3.07. The smallest absolute Gasteiger partial charge is 0.251 e. The largest absolute Gasteiger partial charge is 0.494 e. The molecule has 1 aliphatic rings. The van der Waals surface area contributed by atoms with E-state index in [9.17, 15) is 4.79 Å². The van der Waals surface area contributed by atoms with Crippen LogP contribution in [0.3, 0.4) is 0 Å². The Labute approximate surface area is 161 Å². The normalized spacial score (nSPS) is 13.6. The molecule has 0 unspecified atom stereocenters. The van der Waals surface area contributed by atoms with Gasteiger partial charge in [0.05, 0.1) is 18.8 Å². The molecule has 6 heteroatoms. The monoisotopic (exact) mass is 368 g/mol. The van der Waals surface area contributed by atoms with Gasteiger partial charge < -0.3 is 15.0 Å². The molecule has 3 rings (SSSR count). The van der Waals surface area contributed by atoms with Gasteiger partial charge in [-0.3, -0.25) is 4.79 Å². The third-order valence-electron chi connectivity index (χ3n) is 4.65. The number of aromatic nitrogens is 2. The quantitative estimate of drug-likeness (QED) is 0.685. The van der Waals surface area contributed by atoms with Gasteiger partial charge in [-0.15, -0.1) is 0 Å². The Bertz CT molecular complexity index is 727. The summed E-state index contributed by atoms with van der Waals surface area (Å²) in [6.45, 7) is 5.28. The maximum atomic E-state index is 12.4. The van der Waals surface area contributed by atoms with Crippen LogP contribution >= 0.6 is 0 Å². The van der Waals surface area contributed by atoms with Gasteiger partial charge in [0.25, 0.3) is 5.91 Å². The summed E-state index contributed by atoms with van der Waals surface area (Å²) in [7, 11) is 0. The van der Waals surface area contributed by atoms with Crippen molar-refractivity contribution in [3.63, 3.8) is 0 Å². The summed E-state index contributed by atoms with van der Waals surface area (Å²) in [6, 6.07) is 9.11. The third kappa shape index (κ3) is 5.67. The zero-order valence-corrected chi connectivity index (χ0v) is 16.0. The molecule has 1 aromatic carbocycles. The van der Waals surface area contributed by atoms with Gasteiger partial charge in [0.15, 0.2) is 0 Å². The Morgan fingerprint density at radius 2 is 1.93 bits per heavy atom. The molecule has 144 valence electrons. The minimum Gasteiger partial charge on any atom is -0.494 e. The fraction of sp³-hybridized carbons (Fsp3) is 0.476. The number of benzene rings is 1. The molecule has 0 saturated carbocycles. The summed E-state index contributed by atoms with van der Waals surface area (Å²) in [5.74, 6) is 1.44. The Hall–Kier alpha value is -2.63. The molecule has 2 aromatic rings. The van der Waals surface area contributed by atoms with E-state index < -0.39 is 0 Å². The average molecular weight is 368 g/mol. The first-order valence-electron chi connectivity index (χ1n) is 9.84. The van der Waals surface area contributed by atoms with Gasteiger partial charge in [-0.05, 0) is 49.6 Å². The van der Waals surface area contributed by atoms with Crippen LogP contribution in [0.2, 0.25) is 0 Å². The Morgan fingerprint density at radius 3 is 2.67 bits per heavy atom. The molecular weight excluding hydrogens is 340 g/mol. The van der Waals surface area contributed by atoms with E-state index in [0.717, 1.165) is 36.9 Å². The molecule has 6 nitrogen and oxygen atoms in total. The van der Waals surface area contributed by atoms with Gasteiger partial charge >= 0.3 is 0 Å². The van der Waals surface area contributed by atoms with E-state index in [1.807, 2.05) is 18.2 Å². The Balaban J connectivity index is 1.49. The van der Waals surface area contributed by atoms with Crippen molar-refractivity contribution in [3.05, 3.63) is 47.8 Å². The van der Waals surface area contributed by atoms with Gasteiger partial charge in [0.2, 0.25) is 5.95 Å². The third-order valence-corrected chi connectivity index (χ3v) is 4.65. The van der Waals surface area contributed by atoms with Gasteiger partial charge in [0.1, 0.15) is 5.75 Å². The fourth-order valence-electron chi connectivity index (χ4n) is 3.07. The second kappa shape index (κ2) is 9.90. The van der Waals surface area contributed by atoms with Crippen molar-refractivity contribution in [3.8, 4) is 5.75 Å². The number of unbranched alkanes of at least 4 members (excludes halogenated alkanes) is 2. The molecule has 0 atom stereocenters. The number of carbonyl (C=O) groups is 1. The summed E-state index contributed by atoms with van der Waals surface area (Å²) >= 11 is 0. The summed E-state index contributed by atoms with van der Waals surface area (Å²) in [5.41, 5.74) is 1.43. The molecule has 1 aliphatic heterocycles. The molecule has 0 bridgehead atoms. The van der Waals surface area contributed by atoms with Crippen LogP contribution < -0.4 is 15.0 Å². The van der Waals surface area contributed by atoms with Gasteiger partial charge in [0, 0.05) is 24.8 Å². The second-order valence-corrected chi connectivity index (χ2v) is 6.80. The van der Waals surface area contributed by atoms with Gasteiger partial charge in [-0.25, -0.2) is 9.97 Å². The zero-order chi connectivity index (χ0) is 18.9. The van der Waals surface area contributed by atoms with E-state index in [-0.39, 0.29) is 5.91 Å². The lowest BCUT2D eigenvalue weighted by molar-refractivity contribution is 0.0950. The van der Waals surface area contributed by atoms with Gasteiger partial charge in [-0.1, -0.05) is 19.8 Å². The van der Waals surface area contributed by atoms with Crippen LogP contribution in [0.25, 0.3) is 0 Å². The lowest BCUT2D eigenvalue weighted by Gasteiger charge is -2.15. The van der Waals surface area contributed by atoms with E-state index in [2.05, 4.69) is 27.1 Å².